The van der Waals surface area contributed by atoms with Gasteiger partial charge in [0.15, 0.2) is 11.5 Å². The van der Waals surface area contributed by atoms with Crippen LogP contribution in [0.15, 0.2) is 18.2 Å². The largest absolute Gasteiger partial charge is 0.493 e. The van der Waals surface area contributed by atoms with E-state index in [0.717, 1.165) is 0 Å². The molecule has 0 atom stereocenters. The van der Waals surface area contributed by atoms with Gasteiger partial charge in [-0.15, -0.1) is 12.4 Å². The van der Waals surface area contributed by atoms with Gasteiger partial charge in [-0.1, -0.05) is 0 Å². The molecule has 108 valence electrons. The van der Waals surface area contributed by atoms with Gasteiger partial charge in [0, 0.05) is 18.2 Å². The Morgan fingerprint density at radius 1 is 1.37 bits per heavy atom. The van der Waals surface area contributed by atoms with Gasteiger partial charge < -0.3 is 20.5 Å². The Kier molecular flexibility index (Phi) is 8.74. The van der Waals surface area contributed by atoms with Gasteiger partial charge in [-0.25, -0.2) is 0 Å². The first-order valence-corrected chi connectivity index (χ1v) is 6.02. The van der Waals surface area contributed by atoms with Crippen LogP contribution in [0.2, 0.25) is 0 Å². The van der Waals surface area contributed by atoms with Gasteiger partial charge in [-0.3, -0.25) is 4.79 Å². The van der Waals surface area contributed by atoms with Crippen molar-refractivity contribution >= 4 is 24.0 Å². The predicted octanol–water partition coefficient (Wildman–Crippen LogP) is 2.19. The lowest BCUT2D eigenvalue weighted by atomic mass is 10.2. The molecule has 1 aromatic rings. The third-order valence-electron chi connectivity index (χ3n) is 2.36. The number of carbonyl (C=O) groups excluding carboxylic acids is 1. The fourth-order valence-corrected chi connectivity index (χ4v) is 1.51. The topological polar surface area (TPSA) is 73.6 Å². The highest BCUT2D eigenvalue weighted by Crippen LogP contribution is 2.30. The van der Waals surface area contributed by atoms with E-state index in [2.05, 4.69) is 5.32 Å². The molecule has 5 nitrogen and oxygen atoms in total. The smallest absolute Gasteiger partial charge is 0.224 e. The lowest BCUT2D eigenvalue weighted by Crippen LogP contribution is -2.13. The van der Waals surface area contributed by atoms with Crippen molar-refractivity contribution in [1.29, 1.82) is 0 Å². The van der Waals surface area contributed by atoms with E-state index in [4.69, 9.17) is 15.2 Å². The van der Waals surface area contributed by atoms with Crippen molar-refractivity contribution in [1.82, 2.24) is 0 Å². The van der Waals surface area contributed by atoms with Crippen LogP contribution in [-0.2, 0) is 4.79 Å². The third kappa shape index (κ3) is 5.81. The molecule has 0 bridgehead atoms. The molecule has 0 unspecified atom stereocenters. The van der Waals surface area contributed by atoms with Gasteiger partial charge in [0.05, 0.1) is 13.7 Å². The van der Waals surface area contributed by atoms with Gasteiger partial charge in [0.25, 0.3) is 0 Å². The summed E-state index contributed by atoms with van der Waals surface area (Å²) in [6, 6.07) is 5.30. The maximum Gasteiger partial charge on any atom is 0.224 e. The highest BCUT2D eigenvalue weighted by atomic mass is 35.5. The highest BCUT2D eigenvalue weighted by molar-refractivity contribution is 5.91. The van der Waals surface area contributed by atoms with Crippen LogP contribution in [0.25, 0.3) is 0 Å². The standard InChI is InChI=1S/C13H20N2O3.ClH/c1-3-18-12-9-10(6-7-11(12)17-2)15-13(16)5-4-8-14;/h6-7,9H,3-5,8,14H2,1-2H3,(H,15,16);1H. The molecule has 0 saturated heterocycles. The summed E-state index contributed by atoms with van der Waals surface area (Å²) in [5, 5.41) is 2.80. The molecule has 0 aromatic heterocycles. The van der Waals surface area contributed by atoms with E-state index in [1.54, 1.807) is 25.3 Å². The molecule has 0 fully saturated rings. The molecule has 19 heavy (non-hydrogen) atoms. The summed E-state index contributed by atoms with van der Waals surface area (Å²) in [4.78, 5) is 11.6. The second-order valence-electron chi connectivity index (χ2n) is 3.74. The van der Waals surface area contributed by atoms with Gasteiger partial charge in [-0.2, -0.15) is 0 Å². The van der Waals surface area contributed by atoms with Crippen molar-refractivity contribution in [2.75, 3.05) is 25.6 Å². The molecule has 1 rings (SSSR count). The lowest BCUT2D eigenvalue weighted by molar-refractivity contribution is -0.116. The normalized spacial score (nSPS) is 9.42. The van der Waals surface area contributed by atoms with E-state index < -0.39 is 0 Å². The summed E-state index contributed by atoms with van der Waals surface area (Å²) < 4.78 is 10.6. The van der Waals surface area contributed by atoms with Crippen molar-refractivity contribution in [3.63, 3.8) is 0 Å². The number of hydrogen-bond donors (Lipinski definition) is 2. The lowest BCUT2D eigenvalue weighted by Gasteiger charge is -2.11. The van der Waals surface area contributed by atoms with Crippen LogP contribution in [0.1, 0.15) is 19.8 Å². The van der Waals surface area contributed by atoms with Crippen LogP contribution in [0, 0.1) is 0 Å². The maximum atomic E-state index is 11.6. The molecule has 1 amide bonds. The first-order valence-electron chi connectivity index (χ1n) is 6.02. The summed E-state index contributed by atoms with van der Waals surface area (Å²) in [6.45, 7) is 2.95. The number of hydrogen-bond acceptors (Lipinski definition) is 4. The molecule has 3 N–H and O–H groups in total. The van der Waals surface area contributed by atoms with Gasteiger partial charge in [0.1, 0.15) is 0 Å². The molecular formula is C13H21ClN2O3. The summed E-state index contributed by atoms with van der Waals surface area (Å²) in [5.74, 6) is 1.22. The van der Waals surface area contributed by atoms with E-state index in [-0.39, 0.29) is 18.3 Å². The van der Waals surface area contributed by atoms with Crippen molar-refractivity contribution < 1.29 is 14.3 Å². The Morgan fingerprint density at radius 3 is 2.68 bits per heavy atom. The summed E-state index contributed by atoms with van der Waals surface area (Å²) in [6.07, 6.45) is 1.10. The Labute approximate surface area is 119 Å². The first kappa shape index (κ1) is 17.5. The van der Waals surface area contributed by atoms with Gasteiger partial charge in [0.2, 0.25) is 5.91 Å². The predicted molar refractivity (Wildman–Crippen MR) is 78.3 cm³/mol. The van der Waals surface area contributed by atoms with E-state index >= 15 is 0 Å². The molecule has 1 aromatic carbocycles. The second-order valence-corrected chi connectivity index (χ2v) is 3.74. The second kappa shape index (κ2) is 9.47. The van der Waals surface area contributed by atoms with Crippen LogP contribution in [-0.4, -0.2) is 26.2 Å². The van der Waals surface area contributed by atoms with Crippen molar-refractivity contribution in [3.8, 4) is 11.5 Å². The fraction of sp³-hybridized carbons (Fsp3) is 0.462. The zero-order valence-corrected chi connectivity index (χ0v) is 12.1. The maximum absolute atomic E-state index is 11.6. The monoisotopic (exact) mass is 288 g/mol. The average molecular weight is 289 g/mol. The van der Waals surface area contributed by atoms with Crippen LogP contribution in [0.5, 0.6) is 11.5 Å². The number of benzene rings is 1. The van der Waals surface area contributed by atoms with Crippen molar-refractivity contribution in [2.45, 2.75) is 19.8 Å². The number of carbonyl (C=O) groups is 1. The number of amides is 1. The molecule has 0 saturated carbocycles. The minimum absolute atomic E-state index is 0. The molecule has 0 aliphatic rings. The number of ether oxygens (including phenoxy) is 2. The van der Waals surface area contributed by atoms with Crippen LogP contribution in [0.4, 0.5) is 5.69 Å². The van der Waals surface area contributed by atoms with Gasteiger partial charge >= 0.3 is 0 Å². The van der Waals surface area contributed by atoms with E-state index in [1.165, 1.54) is 0 Å². The minimum atomic E-state index is -0.0481. The zero-order valence-electron chi connectivity index (χ0n) is 11.3. The molecule has 0 heterocycles. The Balaban J connectivity index is 0.00000324. The fourth-order valence-electron chi connectivity index (χ4n) is 1.51. The Morgan fingerprint density at radius 2 is 2.11 bits per heavy atom. The van der Waals surface area contributed by atoms with Crippen LogP contribution >= 0.6 is 12.4 Å². The molecule has 6 heteroatoms. The number of halogens is 1. The Hall–Kier alpha value is -1.46. The number of rotatable bonds is 7. The van der Waals surface area contributed by atoms with Crippen LogP contribution in [0.3, 0.4) is 0 Å². The number of methoxy groups -OCH3 is 1. The molecule has 0 aliphatic heterocycles. The number of anilines is 1. The van der Waals surface area contributed by atoms with E-state index in [0.29, 0.717) is 43.2 Å². The van der Waals surface area contributed by atoms with Gasteiger partial charge in [-0.05, 0) is 32.0 Å². The Bertz CT molecular complexity index is 399. The summed E-state index contributed by atoms with van der Waals surface area (Å²) >= 11 is 0. The van der Waals surface area contributed by atoms with E-state index in [9.17, 15) is 4.79 Å². The van der Waals surface area contributed by atoms with Crippen molar-refractivity contribution in [3.05, 3.63) is 18.2 Å². The number of nitrogens with two attached hydrogens (primary N) is 1. The van der Waals surface area contributed by atoms with Crippen LogP contribution < -0.4 is 20.5 Å². The molecule has 0 spiro atoms. The third-order valence-corrected chi connectivity index (χ3v) is 2.36. The summed E-state index contributed by atoms with van der Waals surface area (Å²) in [7, 11) is 1.58. The SMILES string of the molecule is CCOc1cc(NC(=O)CCCN)ccc1OC.Cl. The minimum Gasteiger partial charge on any atom is -0.493 e. The highest BCUT2D eigenvalue weighted by Gasteiger charge is 2.07. The quantitative estimate of drug-likeness (QED) is 0.807. The summed E-state index contributed by atoms with van der Waals surface area (Å²) in [5.41, 5.74) is 6.05. The molecular weight excluding hydrogens is 268 g/mol. The van der Waals surface area contributed by atoms with Crippen molar-refractivity contribution in [2.24, 2.45) is 5.73 Å². The average Bonchev–Trinajstić information content (AvgIpc) is 2.37. The molecule has 0 radical (unpaired) electrons. The number of nitrogens with one attached hydrogen (secondary N) is 1. The zero-order chi connectivity index (χ0) is 13.4. The van der Waals surface area contributed by atoms with E-state index in [1.807, 2.05) is 6.92 Å². The first-order chi connectivity index (χ1) is 8.71. The molecule has 0 aliphatic carbocycles.